The Hall–Kier alpha value is -5.49. The molecule has 0 aliphatic rings. The molecule has 17 nitrogen and oxygen atoms in total. The van der Waals surface area contributed by atoms with Gasteiger partial charge in [0.1, 0.15) is 5.78 Å². The lowest BCUT2D eigenvalue weighted by molar-refractivity contribution is -0.124. The molecule has 0 saturated heterocycles. The first-order valence-corrected chi connectivity index (χ1v) is 18.0. The van der Waals surface area contributed by atoms with Crippen molar-refractivity contribution in [3.8, 4) is 0 Å². The molecular weight excluding hydrogens is 700 g/mol. The average Bonchev–Trinajstić information content (AvgIpc) is 3.15. The van der Waals surface area contributed by atoms with E-state index >= 15 is 0 Å². The molecule has 0 bridgehead atoms. The molecule has 4 heterocycles. The second-order valence-electron chi connectivity index (χ2n) is 13.0. The van der Waals surface area contributed by atoms with Crippen LogP contribution in [0.4, 0.5) is 0 Å². The molecule has 0 aliphatic carbocycles. The predicted octanol–water partition coefficient (Wildman–Crippen LogP) is 1.07. The number of hydrogen-bond acceptors (Lipinski definition) is 13. The summed E-state index contributed by atoms with van der Waals surface area (Å²) in [5.41, 5.74) is -0.659. The van der Waals surface area contributed by atoms with Crippen molar-refractivity contribution in [2.24, 2.45) is 0 Å². The number of ketones is 1. The third kappa shape index (κ3) is 11.8. The molecule has 0 saturated carbocycles. The van der Waals surface area contributed by atoms with Crippen molar-refractivity contribution in [3.05, 3.63) is 137 Å². The molecule has 6 N–H and O–H groups in total. The summed E-state index contributed by atoms with van der Waals surface area (Å²) in [7, 11) is 0. The van der Waals surface area contributed by atoms with Gasteiger partial charge in [-0.3, -0.25) is 33.8 Å². The van der Waals surface area contributed by atoms with Crippen LogP contribution in [0.2, 0.25) is 0 Å². The molecule has 1 atom stereocenters. The molecule has 0 radical (unpaired) electrons. The normalized spacial score (nSPS) is 12.1. The molecule has 0 spiro atoms. The van der Waals surface area contributed by atoms with Gasteiger partial charge in [-0.2, -0.15) is 18.9 Å². The largest absolute Gasteiger partial charge is 0.425 e. The molecule has 54 heavy (non-hydrogen) atoms. The first-order chi connectivity index (χ1) is 26.0. The smallest absolute Gasteiger partial charge is 0.283 e. The van der Waals surface area contributed by atoms with Crippen molar-refractivity contribution in [1.82, 2.24) is 39.4 Å². The molecule has 4 rings (SSSR count). The Kier molecular flexibility index (Phi) is 15.8. The van der Waals surface area contributed by atoms with E-state index in [2.05, 4.69) is 15.5 Å². The highest BCUT2D eigenvalue weighted by molar-refractivity contribution is 5.83. The second-order valence-corrected chi connectivity index (χ2v) is 13.0. The van der Waals surface area contributed by atoms with Gasteiger partial charge in [0.15, 0.2) is 0 Å². The van der Waals surface area contributed by atoms with Crippen LogP contribution in [0.15, 0.2) is 92.0 Å². The summed E-state index contributed by atoms with van der Waals surface area (Å²) in [5, 5.41) is 47.3. The summed E-state index contributed by atoms with van der Waals surface area (Å²) in [6.07, 6.45) is 2.49. The van der Waals surface area contributed by atoms with Crippen LogP contribution in [0, 0.1) is 0 Å². The molecule has 0 amide bonds. The van der Waals surface area contributed by atoms with E-state index in [4.69, 9.17) is 0 Å². The zero-order valence-corrected chi connectivity index (χ0v) is 30.4. The van der Waals surface area contributed by atoms with E-state index in [1.807, 2.05) is 4.90 Å². The summed E-state index contributed by atoms with van der Waals surface area (Å²) in [5.74, 6) is -0.00872. The van der Waals surface area contributed by atoms with Gasteiger partial charge in [-0.25, -0.2) is 0 Å². The Morgan fingerprint density at radius 2 is 1.00 bits per heavy atom. The third-order valence-corrected chi connectivity index (χ3v) is 9.14. The van der Waals surface area contributed by atoms with E-state index < -0.39 is 28.3 Å². The topological polar surface area (TPSA) is 217 Å². The van der Waals surface area contributed by atoms with E-state index in [-0.39, 0.29) is 38.4 Å². The van der Waals surface area contributed by atoms with Crippen LogP contribution in [0.3, 0.4) is 0 Å². The van der Waals surface area contributed by atoms with E-state index in [1.165, 1.54) is 24.3 Å². The average molecular weight is 751 g/mol. The van der Waals surface area contributed by atoms with E-state index in [0.29, 0.717) is 100 Å². The monoisotopic (exact) mass is 750 g/mol. The number of nitrogens with one attached hydrogen (secondary N) is 2. The Bertz CT molecular complexity index is 2060. The van der Waals surface area contributed by atoms with Gasteiger partial charge in [0, 0.05) is 63.4 Å². The first-order valence-electron chi connectivity index (χ1n) is 18.0. The lowest BCUT2D eigenvalue weighted by Crippen LogP contribution is -2.43. The standard InChI is InChI=1S/C37H50N8O9/c1-2-33(46)32(41(27-31-13-6-18-37(50)45(31)54)23-9-20-39-25-29-11-4-16-35(48)43(29)52)14-7-21-40(26-30-12-5-17-36(49)44(30)53)22-8-19-38-24-28-10-3-15-34(47)42(28)51/h3-6,10-13,15-18,32,38-39,51-54H,2,7-9,14,19-27H2,1H3. The summed E-state index contributed by atoms with van der Waals surface area (Å²) in [6, 6.07) is 17.3. The lowest BCUT2D eigenvalue weighted by Gasteiger charge is -2.32. The molecule has 292 valence electrons. The molecule has 4 aromatic heterocycles. The molecular formula is C37H50N8O9. The highest BCUT2D eigenvalue weighted by Crippen LogP contribution is 2.17. The number of hydrogen-bond donors (Lipinski definition) is 6. The van der Waals surface area contributed by atoms with Gasteiger partial charge in [-0.05, 0) is 76.1 Å². The zero-order chi connectivity index (χ0) is 39.0. The van der Waals surface area contributed by atoms with Gasteiger partial charge in [-0.1, -0.05) is 31.2 Å². The second kappa shape index (κ2) is 20.7. The maximum atomic E-state index is 13.5. The van der Waals surface area contributed by atoms with Crippen LogP contribution < -0.4 is 32.9 Å². The van der Waals surface area contributed by atoms with Crippen molar-refractivity contribution in [2.75, 3.05) is 32.7 Å². The summed E-state index contributed by atoms with van der Waals surface area (Å²) < 4.78 is 2.38. The Morgan fingerprint density at radius 1 is 0.593 bits per heavy atom. The Morgan fingerprint density at radius 3 is 1.48 bits per heavy atom. The van der Waals surface area contributed by atoms with E-state index in [1.54, 1.807) is 55.5 Å². The van der Waals surface area contributed by atoms with Gasteiger partial charge < -0.3 is 31.5 Å². The van der Waals surface area contributed by atoms with Gasteiger partial charge in [-0.15, -0.1) is 0 Å². The van der Waals surface area contributed by atoms with Crippen LogP contribution in [-0.2, 0) is 31.0 Å². The Balaban J connectivity index is 1.43. The van der Waals surface area contributed by atoms with Crippen LogP contribution in [0.5, 0.6) is 0 Å². The SMILES string of the molecule is CCC(=O)C(CCCN(CCCNCc1cccc(=O)n1O)Cc1cccc(=O)n1O)N(CCCNCc1cccc(=O)n1O)Cc1cccc(=O)n1O. The van der Waals surface area contributed by atoms with Crippen LogP contribution in [-0.4, -0.2) is 94.1 Å². The van der Waals surface area contributed by atoms with Crippen molar-refractivity contribution in [3.63, 3.8) is 0 Å². The van der Waals surface area contributed by atoms with Crippen molar-refractivity contribution in [1.29, 1.82) is 0 Å². The maximum absolute atomic E-state index is 13.5. The van der Waals surface area contributed by atoms with Crippen molar-refractivity contribution < 1.29 is 25.6 Å². The number of carbonyl (C=O) groups excluding carboxylic acids is 1. The van der Waals surface area contributed by atoms with Gasteiger partial charge in [0.25, 0.3) is 22.2 Å². The summed E-state index contributed by atoms with van der Waals surface area (Å²) in [4.78, 5) is 65.4. The highest BCUT2D eigenvalue weighted by Gasteiger charge is 2.26. The number of pyridine rings is 4. The number of Topliss-reactive ketones (excluding diaryl/α,β-unsaturated/α-hetero) is 1. The lowest BCUT2D eigenvalue weighted by atomic mass is 10.0. The minimum atomic E-state index is -0.590. The van der Waals surface area contributed by atoms with Crippen LogP contribution in [0.25, 0.3) is 0 Å². The molecule has 4 aromatic rings. The maximum Gasteiger partial charge on any atom is 0.283 e. The number of aromatic nitrogens is 4. The van der Waals surface area contributed by atoms with Crippen molar-refractivity contribution in [2.45, 2.75) is 71.2 Å². The van der Waals surface area contributed by atoms with Gasteiger partial charge in [0.2, 0.25) is 0 Å². The predicted molar refractivity (Wildman–Crippen MR) is 198 cm³/mol. The van der Waals surface area contributed by atoms with E-state index in [9.17, 15) is 44.8 Å². The highest BCUT2D eigenvalue weighted by atomic mass is 16.5. The third-order valence-electron chi connectivity index (χ3n) is 9.14. The number of rotatable bonds is 23. The molecule has 0 aliphatic heterocycles. The Labute approximate surface area is 311 Å². The number of nitrogens with zero attached hydrogens (tertiary/aromatic N) is 6. The zero-order valence-electron chi connectivity index (χ0n) is 30.4. The molecule has 0 aromatic carbocycles. The molecule has 17 heteroatoms. The minimum Gasteiger partial charge on any atom is -0.425 e. The van der Waals surface area contributed by atoms with Crippen molar-refractivity contribution >= 4 is 5.78 Å². The quantitative estimate of drug-likeness (QED) is 0.0463. The molecule has 0 fully saturated rings. The number of carbonyl (C=O) groups is 1. The van der Waals surface area contributed by atoms with Crippen LogP contribution >= 0.6 is 0 Å². The summed E-state index contributed by atoms with van der Waals surface area (Å²) >= 11 is 0. The minimum absolute atomic E-state index is 0.00872. The fourth-order valence-electron chi connectivity index (χ4n) is 6.21. The first kappa shape index (κ1) is 41.3. The van der Waals surface area contributed by atoms with Gasteiger partial charge >= 0.3 is 0 Å². The van der Waals surface area contributed by atoms with E-state index in [0.717, 1.165) is 0 Å². The van der Waals surface area contributed by atoms with Crippen LogP contribution in [0.1, 0.15) is 61.8 Å². The summed E-state index contributed by atoms with van der Waals surface area (Å²) in [6.45, 7) is 5.19. The molecule has 1 unspecified atom stereocenters. The fraction of sp³-hybridized carbons (Fsp3) is 0.432. The fourth-order valence-corrected chi connectivity index (χ4v) is 6.21. The van der Waals surface area contributed by atoms with Gasteiger partial charge in [0.05, 0.1) is 28.8 Å².